The van der Waals surface area contributed by atoms with Crippen LogP contribution in [0.3, 0.4) is 0 Å². The first-order valence-corrected chi connectivity index (χ1v) is 7.94. The Bertz CT molecular complexity index is 467. The van der Waals surface area contributed by atoms with Crippen molar-refractivity contribution in [3.8, 4) is 0 Å². The summed E-state index contributed by atoms with van der Waals surface area (Å²) in [6.45, 7) is 8.00. The van der Waals surface area contributed by atoms with Gasteiger partial charge in [-0.25, -0.2) is 4.79 Å². The fourth-order valence-corrected chi connectivity index (χ4v) is 2.76. The number of hydrogen-bond donors (Lipinski definition) is 2. The molecule has 1 atom stereocenters. The largest absolute Gasteiger partial charge is 0.322 e. The Balaban J connectivity index is 1.98. The van der Waals surface area contributed by atoms with Crippen molar-refractivity contribution in [1.29, 1.82) is 0 Å². The van der Waals surface area contributed by atoms with Gasteiger partial charge in [-0.1, -0.05) is 18.6 Å². The minimum Gasteiger partial charge on any atom is -0.321 e. The molecule has 1 saturated heterocycles. The molecule has 2 amide bonds. The lowest BCUT2D eigenvalue weighted by atomic mass is 10.0. The van der Waals surface area contributed by atoms with Crippen LogP contribution >= 0.6 is 0 Å². The van der Waals surface area contributed by atoms with Crippen molar-refractivity contribution < 1.29 is 4.79 Å². The topological polar surface area (TPSA) is 44.4 Å². The molecule has 116 valence electrons. The lowest BCUT2D eigenvalue weighted by molar-refractivity contribution is 0.183. The molecule has 0 bridgehead atoms. The fraction of sp³-hybridized carbons (Fsp3) is 0.588. The molecule has 4 heteroatoms. The van der Waals surface area contributed by atoms with Gasteiger partial charge in [-0.05, 0) is 57.9 Å². The first-order chi connectivity index (χ1) is 10.1. The SMILES string of the molecule is Cc1cccc(NC(=O)N(CC2CCCCN2)C(C)C)c1. The van der Waals surface area contributed by atoms with Gasteiger partial charge in [-0.3, -0.25) is 0 Å². The van der Waals surface area contributed by atoms with Gasteiger partial charge < -0.3 is 15.5 Å². The molecule has 1 aromatic carbocycles. The summed E-state index contributed by atoms with van der Waals surface area (Å²) in [6, 6.07) is 8.53. The third-order valence-corrected chi connectivity index (χ3v) is 3.98. The number of nitrogens with one attached hydrogen (secondary N) is 2. The van der Waals surface area contributed by atoms with E-state index in [-0.39, 0.29) is 12.1 Å². The Labute approximate surface area is 127 Å². The Kier molecular flexibility index (Phi) is 5.62. The maximum atomic E-state index is 12.5. The monoisotopic (exact) mass is 289 g/mol. The summed E-state index contributed by atoms with van der Waals surface area (Å²) in [5.41, 5.74) is 2.01. The summed E-state index contributed by atoms with van der Waals surface area (Å²) >= 11 is 0. The van der Waals surface area contributed by atoms with Crippen molar-refractivity contribution in [3.05, 3.63) is 29.8 Å². The predicted octanol–water partition coefficient (Wildman–Crippen LogP) is 3.38. The molecule has 0 spiro atoms. The smallest absolute Gasteiger partial charge is 0.321 e. The molecular weight excluding hydrogens is 262 g/mol. The van der Waals surface area contributed by atoms with Crippen molar-refractivity contribution in [2.45, 2.75) is 52.1 Å². The highest BCUT2D eigenvalue weighted by molar-refractivity contribution is 5.89. The average Bonchev–Trinajstić information content (AvgIpc) is 2.45. The van der Waals surface area contributed by atoms with Gasteiger partial charge in [0.15, 0.2) is 0 Å². The second-order valence-corrected chi connectivity index (χ2v) is 6.19. The minimum absolute atomic E-state index is 0.0111. The summed E-state index contributed by atoms with van der Waals surface area (Å²) in [6.07, 6.45) is 3.65. The second-order valence-electron chi connectivity index (χ2n) is 6.19. The van der Waals surface area contributed by atoms with E-state index >= 15 is 0 Å². The number of urea groups is 1. The molecule has 1 unspecified atom stereocenters. The highest BCUT2D eigenvalue weighted by Crippen LogP contribution is 2.14. The molecule has 2 N–H and O–H groups in total. The molecule has 0 saturated carbocycles. The zero-order valence-electron chi connectivity index (χ0n) is 13.4. The van der Waals surface area contributed by atoms with Crippen molar-refractivity contribution in [2.75, 3.05) is 18.4 Å². The molecule has 1 heterocycles. The van der Waals surface area contributed by atoms with Gasteiger partial charge in [0.1, 0.15) is 0 Å². The van der Waals surface area contributed by atoms with Crippen LogP contribution in [0.1, 0.15) is 38.7 Å². The zero-order chi connectivity index (χ0) is 15.2. The van der Waals surface area contributed by atoms with Crippen LogP contribution < -0.4 is 10.6 Å². The van der Waals surface area contributed by atoms with E-state index in [1.807, 2.05) is 36.1 Å². The molecule has 1 fully saturated rings. The predicted molar refractivity (Wildman–Crippen MR) is 87.7 cm³/mol. The highest BCUT2D eigenvalue weighted by Gasteiger charge is 2.22. The molecular formula is C17H27N3O. The van der Waals surface area contributed by atoms with Crippen LogP contribution in [0.2, 0.25) is 0 Å². The van der Waals surface area contributed by atoms with Gasteiger partial charge in [-0.2, -0.15) is 0 Å². The standard InChI is InChI=1S/C17H27N3O/c1-13(2)20(12-16-8-4-5-10-18-16)17(21)19-15-9-6-7-14(3)11-15/h6-7,9,11,13,16,18H,4-5,8,10,12H2,1-3H3,(H,19,21). The molecule has 2 rings (SSSR count). The number of benzene rings is 1. The average molecular weight is 289 g/mol. The quantitative estimate of drug-likeness (QED) is 0.892. The van der Waals surface area contributed by atoms with Crippen molar-refractivity contribution in [2.24, 2.45) is 0 Å². The second kappa shape index (κ2) is 7.46. The number of aryl methyl sites for hydroxylation is 1. The van der Waals surface area contributed by atoms with E-state index in [0.29, 0.717) is 6.04 Å². The molecule has 4 nitrogen and oxygen atoms in total. The van der Waals surface area contributed by atoms with Gasteiger partial charge >= 0.3 is 6.03 Å². The normalized spacial score (nSPS) is 18.6. The van der Waals surface area contributed by atoms with Crippen LogP contribution in [0.4, 0.5) is 10.5 Å². The van der Waals surface area contributed by atoms with E-state index in [1.54, 1.807) is 0 Å². The molecule has 0 radical (unpaired) electrons. The van der Waals surface area contributed by atoms with Gasteiger partial charge in [0, 0.05) is 24.3 Å². The van der Waals surface area contributed by atoms with Crippen LogP contribution in [0.25, 0.3) is 0 Å². The summed E-state index contributed by atoms with van der Waals surface area (Å²) in [4.78, 5) is 14.4. The first kappa shape index (κ1) is 15.8. The summed E-state index contributed by atoms with van der Waals surface area (Å²) in [5.74, 6) is 0. The molecule has 1 aliphatic rings. The lowest BCUT2D eigenvalue weighted by Gasteiger charge is -2.33. The number of rotatable bonds is 4. The number of hydrogen-bond acceptors (Lipinski definition) is 2. The Morgan fingerprint density at radius 1 is 1.43 bits per heavy atom. The molecule has 1 aliphatic heterocycles. The van der Waals surface area contributed by atoms with Crippen molar-refractivity contribution in [1.82, 2.24) is 10.2 Å². The highest BCUT2D eigenvalue weighted by atomic mass is 16.2. The van der Waals surface area contributed by atoms with Crippen LogP contribution in [-0.2, 0) is 0 Å². The molecule has 0 aliphatic carbocycles. The van der Waals surface area contributed by atoms with E-state index < -0.39 is 0 Å². The Morgan fingerprint density at radius 3 is 2.86 bits per heavy atom. The lowest BCUT2D eigenvalue weighted by Crippen LogP contribution is -2.49. The van der Waals surface area contributed by atoms with E-state index in [2.05, 4.69) is 24.5 Å². The van der Waals surface area contributed by atoms with Gasteiger partial charge in [0.05, 0.1) is 0 Å². The maximum absolute atomic E-state index is 12.5. The zero-order valence-corrected chi connectivity index (χ0v) is 13.4. The number of carbonyl (C=O) groups excluding carboxylic acids is 1. The van der Waals surface area contributed by atoms with Crippen molar-refractivity contribution in [3.63, 3.8) is 0 Å². The maximum Gasteiger partial charge on any atom is 0.322 e. The number of nitrogens with zero attached hydrogens (tertiary/aromatic N) is 1. The summed E-state index contributed by atoms with van der Waals surface area (Å²) in [5, 5.41) is 6.52. The minimum atomic E-state index is -0.0111. The fourth-order valence-electron chi connectivity index (χ4n) is 2.76. The third-order valence-electron chi connectivity index (χ3n) is 3.98. The number of piperidine rings is 1. The van der Waals surface area contributed by atoms with Gasteiger partial charge in [0.25, 0.3) is 0 Å². The van der Waals surface area contributed by atoms with Crippen LogP contribution in [-0.4, -0.2) is 36.1 Å². The van der Waals surface area contributed by atoms with Crippen LogP contribution in [0.15, 0.2) is 24.3 Å². The third kappa shape index (κ3) is 4.74. The Morgan fingerprint density at radius 2 is 2.24 bits per heavy atom. The first-order valence-electron chi connectivity index (χ1n) is 7.94. The van der Waals surface area contributed by atoms with Crippen LogP contribution in [0.5, 0.6) is 0 Å². The molecule has 0 aromatic heterocycles. The van der Waals surface area contributed by atoms with E-state index in [4.69, 9.17) is 0 Å². The van der Waals surface area contributed by atoms with Crippen molar-refractivity contribution >= 4 is 11.7 Å². The summed E-state index contributed by atoms with van der Waals surface area (Å²) < 4.78 is 0. The molecule has 1 aromatic rings. The Hall–Kier alpha value is -1.55. The van der Waals surface area contributed by atoms with E-state index in [9.17, 15) is 4.79 Å². The van der Waals surface area contributed by atoms with Crippen LogP contribution in [0, 0.1) is 6.92 Å². The number of anilines is 1. The molecule has 21 heavy (non-hydrogen) atoms. The van der Waals surface area contributed by atoms with E-state index in [0.717, 1.165) is 30.8 Å². The van der Waals surface area contributed by atoms with Gasteiger partial charge in [-0.15, -0.1) is 0 Å². The van der Waals surface area contributed by atoms with Gasteiger partial charge in [0.2, 0.25) is 0 Å². The van der Waals surface area contributed by atoms with E-state index in [1.165, 1.54) is 12.8 Å². The number of carbonyl (C=O) groups is 1. The summed E-state index contributed by atoms with van der Waals surface area (Å²) in [7, 11) is 0. The number of amides is 2.